The van der Waals surface area contributed by atoms with E-state index in [0.29, 0.717) is 0 Å². The first-order valence-corrected chi connectivity index (χ1v) is 15.7. The van der Waals surface area contributed by atoms with Gasteiger partial charge in [-0.2, -0.15) is 0 Å². The highest BCUT2D eigenvalue weighted by Crippen LogP contribution is 2.39. The SMILES string of the molecule is CC(C)(c1cc(-c2cccc(C(Oc3ccccc3)c3nc4ccccc4s3)c2)c2ncccc2c1)S(C)(=O)=O. The summed E-state index contributed by atoms with van der Waals surface area (Å²) >= 11 is 1.62. The molecule has 0 N–H and O–H groups in total. The lowest BCUT2D eigenvalue weighted by Gasteiger charge is -2.25. The van der Waals surface area contributed by atoms with E-state index < -0.39 is 20.7 Å². The fourth-order valence-electron chi connectivity index (χ4n) is 4.74. The van der Waals surface area contributed by atoms with Gasteiger partial charge < -0.3 is 4.74 Å². The van der Waals surface area contributed by atoms with Crippen molar-refractivity contribution in [1.29, 1.82) is 0 Å². The molecule has 200 valence electrons. The number of benzene rings is 4. The summed E-state index contributed by atoms with van der Waals surface area (Å²) in [6.45, 7) is 3.49. The first kappa shape index (κ1) is 26.2. The van der Waals surface area contributed by atoms with E-state index >= 15 is 0 Å². The Morgan fingerprint density at radius 3 is 2.40 bits per heavy atom. The smallest absolute Gasteiger partial charge is 0.175 e. The highest BCUT2D eigenvalue weighted by Gasteiger charge is 2.33. The lowest BCUT2D eigenvalue weighted by molar-refractivity contribution is 0.247. The molecule has 6 aromatic rings. The van der Waals surface area contributed by atoms with Crippen molar-refractivity contribution in [3.63, 3.8) is 0 Å². The van der Waals surface area contributed by atoms with Crippen LogP contribution in [0.1, 0.15) is 36.1 Å². The second-order valence-corrected chi connectivity index (χ2v) is 14.0. The number of sulfone groups is 1. The van der Waals surface area contributed by atoms with Gasteiger partial charge in [0.05, 0.1) is 20.5 Å². The molecule has 0 saturated heterocycles. The number of aromatic nitrogens is 2. The monoisotopic (exact) mass is 564 g/mol. The highest BCUT2D eigenvalue weighted by molar-refractivity contribution is 7.91. The summed E-state index contributed by atoms with van der Waals surface area (Å²) < 4.78 is 32.1. The lowest BCUT2D eigenvalue weighted by atomic mass is 9.92. The molecule has 2 heterocycles. The van der Waals surface area contributed by atoms with Crippen LogP contribution in [0.2, 0.25) is 0 Å². The van der Waals surface area contributed by atoms with Gasteiger partial charge in [0, 0.05) is 23.4 Å². The Labute approximate surface area is 238 Å². The first-order chi connectivity index (χ1) is 19.2. The number of ether oxygens (including phenoxy) is 1. The van der Waals surface area contributed by atoms with E-state index in [2.05, 4.69) is 17.1 Å². The van der Waals surface area contributed by atoms with Crippen LogP contribution in [-0.4, -0.2) is 24.6 Å². The fraction of sp³-hybridized carbons (Fsp3) is 0.152. The van der Waals surface area contributed by atoms with E-state index in [1.807, 2.05) is 91.0 Å². The van der Waals surface area contributed by atoms with Crippen molar-refractivity contribution in [2.45, 2.75) is 24.7 Å². The lowest BCUT2D eigenvalue weighted by Crippen LogP contribution is -2.28. The van der Waals surface area contributed by atoms with Crippen molar-refractivity contribution in [3.8, 4) is 16.9 Å². The zero-order valence-electron chi connectivity index (χ0n) is 22.4. The summed E-state index contributed by atoms with van der Waals surface area (Å²) in [5.74, 6) is 0.751. The molecule has 40 heavy (non-hydrogen) atoms. The topological polar surface area (TPSA) is 69.2 Å². The molecular weight excluding hydrogens is 537 g/mol. The molecule has 4 aromatic carbocycles. The second-order valence-electron chi connectivity index (χ2n) is 10.3. The largest absolute Gasteiger partial charge is 0.478 e. The van der Waals surface area contributed by atoms with Crippen molar-refractivity contribution in [3.05, 3.63) is 125 Å². The normalized spacial score (nSPS) is 13.0. The third-order valence-corrected chi connectivity index (χ3v) is 10.5. The number of hydrogen-bond donors (Lipinski definition) is 0. The maximum absolute atomic E-state index is 12.7. The molecule has 0 spiro atoms. The number of thiazole rings is 1. The maximum Gasteiger partial charge on any atom is 0.175 e. The zero-order chi connectivity index (χ0) is 27.9. The molecule has 5 nitrogen and oxygen atoms in total. The summed E-state index contributed by atoms with van der Waals surface area (Å²) in [6.07, 6.45) is 2.61. The molecule has 0 aliphatic carbocycles. The van der Waals surface area contributed by atoms with Crippen molar-refractivity contribution >= 4 is 42.3 Å². The third kappa shape index (κ3) is 4.87. The summed E-state index contributed by atoms with van der Waals surface area (Å²) in [6, 6.07) is 33.7. The third-order valence-electron chi connectivity index (χ3n) is 7.36. The Morgan fingerprint density at radius 2 is 1.62 bits per heavy atom. The fourth-order valence-corrected chi connectivity index (χ4v) is 6.31. The standard InChI is InChI=1S/C33H28N2O3S2/c1-33(2,40(3,36)37)25-20-23-13-10-18-34-30(23)27(21-25)22-11-9-12-24(19-22)31(38-26-14-5-4-6-15-26)32-35-28-16-7-8-17-29(28)39-32/h4-21,31H,1-3H3. The number of pyridine rings is 1. The molecular formula is C33H28N2O3S2. The molecule has 2 aromatic heterocycles. The van der Waals surface area contributed by atoms with Crippen LogP contribution in [0.4, 0.5) is 0 Å². The number of hydrogen-bond acceptors (Lipinski definition) is 6. The molecule has 0 bridgehead atoms. The average Bonchev–Trinajstić information content (AvgIpc) is 3.39. The summed E-state index contributed by atoms with van der Waals surface area (Å²) in [5.41, 5.74) is 5.21. The van der Waals surface area contributed by atoms with Gasteiger partial charge in [-0.25, -0.2) is 13.4 Å². The van der Waals surface area contributed by atoms with Crippen molar-refractivity contribution in [1.82, 2.24) is 9.97 Å². The van der Waals surface area contributed by atoms with Crippen LogP contribution in [0.3, 0.4) is 0 Å². The van der Waals surface area contributed by atoms with Crippen molar-refractivity contribution < 1.29 is 13.2 Å². The Hall–Kier alpha value is -4.07. The van der Waals surface area contributed by atoms with Gasteiger partial charge >= 0.3 is 0 Å². The predicted octanol–water partition coefficient (Wildman–Crippen LogP) is 7.96. The second kappa shape index (κ2) is 10.2. The Kier molecular flexibility index (Phi) is 6.64. The molecule has 7 heteroatoms. The molecule has 6 rings (SSSR count). The molecule has 1 atom stereocenters. The molecule has 0 fully saturated rings. The van der Waals surface area contributed by atoms with Crippen LogP contribution in [0.25, 0.3) is 32.2 Å². The Balaban J connectivity index is 1.52. The van der Waals surface area contributed by atoms with Gasteiger partial charge in [0.25, 0.3) is 0 Å². The van der Waals surface area contributed by atoms with Gasteiger partial charge in [0.2, 0.25) is 0 Å². The number of para-hydroxylation sites is 2. The first-order valence-electron chi connectivity index (χ1n) is 13.0. The summed E-state index contributed by atoms with van der Waals surface area (Å²) in [7, 11) is -3.38. The molecule has 0 aliphatic heterocycles. The number of fused-ring (bicyclic) bond motifs is 2. The van der Waals surface area contributed by atoms with Crippen LogP contribution in [0.5, 0.6) is 5.75 Å². The molecule has 0 amide bonds. The summed E-state index contributed by atoms with van der Waals surface area (Å²) in [5, 5.41) is 1.75. The van der Waals surface area contributed by atoms with Gasteiger partial charge in [-0.15, -0.1) is 11.3 Å². The Morgan fingerprint density at radius 1 is 0.850 bits per heavy atom. The predicted molar refractivity (Wildman–Crippen MR) is 164 cm³/mol. The quantitative estimate of drug-likeness (QED) is 0.197. The van der Waals surface area contributed by atoms with Crippen LogP contribution < -0.4 is 4.74 Å². The number of nitrogens with zero attached hydrogens (tertiary/aromatic N) is 2. The number of rotatable bonds is 7. The van der Waals surface area contributed by atoms with Crippen LogP contribution >= 0.6 is 11.3 Å². The van der Waals surface area contributed by atoms with Crippen molar-refractivity contribution in [2.75, 3.05) is 6.26 Å². The van der Waals surface area contributed by atoms with Crippen LogP contribution in [0, 0.1) is 0 Å². The minimum absolute atomic E-state index is 0.436. The van der Waals surface area contributed by atoms with E-state index in [0.717, 1.165) is 54.1 Å². The maximum atomic E-state index is 12.7. The zero-order valence-corrected chi connectivity index (χ0v) is 24.0. The minimum atomic E-state index is -3.38. The van der Waals surface area contributed by atoms with Gasteiger partial charge in [-0.05, 0) is 79.1 Å². The van der Waals surface area contributed by atoms with E-state index in [1.165, 1.54) is 6.26 Å². The Bertz CT molecular complexity index is 1910. The van der Waals surface area contributed by atoms with Crippen LogP contribution in [0.15, 0.2) is 109 Å². The molecule has 1 unspecified atom stereocenters. The van der Waals surface area contributed by atoms with E-state index in [1.54, 1.807) is 31.4 Å². The van der Waals surface area contributed by atoms with Gasteiger partial charge in [-0.3, -0.25) is 4.98 Å². The van der Waals surface area contributed by atoms with Crippen LogP contribution in [-0.2, 0) is 14.6 Å². The highest BCUT2D eigenvalue weighted by atomic mass is 32.2. The van der Waals surface area contributed by atoms with E-state index in [-0.39, 0.29) is 0 Å². The molecule has 0 radical (unpaired) electrons. The van der Waals surface area contributed by atoms with Gasteiger partial charge in [-0.1, -0.05) is 54.6 Å². The molecule has 0 saturated carbocycles. The molecule has 0 aliphatic rings. The average molecular weight is 565 g/mol. The van der Waals surface area contributed by atoms with Crippen molar-refractivity contribution in [2.24, 2.45) is 0 Å². The minimum Gasteiger partial charge on any atom is -0.478 e. The van der Waals surface area contributed by atoms with E-state index in [4.69, 9.17) is 9.72 Å². The van der Waals surface area contributed by atoms with Gasteiger partial charge in [0.1, 0.15) is 10.8 Å². The summed E-state index contributed by atoms with van der Waals surface area (Å²) in [4.78, 5) is 9.61. The van der Waals surface area contributed by atoms with Gasteiger partial charge in [0.15, 0.2) is 15.9 Å². The van der Waals surface area contributed by atoms with E-state index in [9.17, 15) is 8.42 Å².